The third kappa shape index (κ3) is 4.93. The monoisotopic (exact) mass is 332 g/mol. The zero-order chi connectivity index (χ0) is 16.7. The Kier molecular flexibility index (Phi) is 6.35. The maximum atomic E-state index is 12.1. The predicted molar refractivity (Wildman–Crippen MR) is 93.1 cm³/mol. The van der Waals surface area contributed by atoms with Gasteiger partial charge in [0.2, 0.25) is 5.95 Å². The van der Waals surface area contributed by atoms with E-state index in [1.54, 1.807) is 12.4 Å². The number of rotatable bonds is 7. The standard InChI is InChI=1S/C17H21ClN4O/c1-3-22(4-2)17-20-11-14(12-21-17)16(23)19-9-8-13-6-5-7-15(18)10-13/h5-7,10-12H,3-4,8-9H2,1-2H3,(H,19,23). The molecule has 0 spiro atoms. The van der Waals surface area contributed by atoms with Gasteiger partial charge in [0.15, 0.2) is 0 Å². The molecule has 1 aromatic carbocycles. The van der Waals surface area contributed by atoms with Crippen LogP contribution in [0.4, 0.5) is 5.95 Å². The number of benzene rings is 1. The maximum Gasteiger partial charge on any atom is 0.254 e. The molecule has 0 aliphatic carbocycles. The second-order valence-corrected chi connectivity index (χ2v) is 5.52. The molecule has 1 amide bonds. The smallest absolute Gasteiger partial charge is 0.254 e. The Morgan fingerprint density at radius 1 is 1.22 bits per heavy atom. The van der Waals surface area contributed by atoms with Crippen molar-refractivity contribution in [2.75, 3.05) is 24.5 Å². The lowest BCUT2D eigenvalue weighted by Gasteiger charge is -2.17. The molecule has 0 aliphatic heterocycles. The summed E-state index contributed by atoms with van der Waals surface area (Å²) >= 11 is 5.94. The summed E-state index contributed by atoms with van der Waals surface area (Å²) in [7, 11) is 0. The predicted octanol–water partition coefficient (Wildman–Crippen LogP) is 2.95. The van der Waals surface area contributed by atoms with E-state index in [1.807, 2.05) is 43.0 Å². The van der Waals surface area contributed by atoms with E-state index >= 15 is 0 Å². The lowest BCUT2D eigenvalue weighted by molar-refractivity contribution is 0.0953. The highest BCUT2D eigenvalue weighted by Gasteiger charge is 2.09. The molecule has 0 unspecified atom stereocenters. The van der Waals surface area contributed by atoms with E-state index in [0.717, 1.165) is 25.1 Å². The summed E-state index contributed by atoms with van der Waals surface area (Å²) in [5.41, 5.74) is 1.55. The molecule has 2 rings (SSSR count). The van der Waals surface area contributed by atoms with Gasteiger partial charge >= 0.3 is 0 Å². The summed E-state index contributed by atoms with van der Waals surface area (Å²) in [6.07, 6.45) is 3.86. The van der Waals surface area contributed by atoms with Gasteiger partial charge in [0.05, 0.1) is 5.56 Å². The van der Waals surface area contributed by atoms with Crippen LogP contribution < -0.4 is 10.2 Å². The van der Waals surface area contributed by atoms with Crippen LogP contribution in [0, 0.1) is 0 Å². The first kappa shape index (κ1) is 17.2. The minimum Gasteiger partial charge on any atom is -0.352 e. The average molecular weight is 333 g/mol. The maximum absolute atomic E-state index is 12.1. The number of anilines is 1. The van der Waals surface area contributed by atoms with Gasteiger partial charge < -0.3 is 10.2 Å². The Bertz CT molecular complexity index is 641. The highest BCUT2D eigenvalue weighted by molar-refractivity contribution is 6.30. The molecule has 0 saturated heterocycles. The quantitative estimate of drug-likeness (QED) is 0.847. The summed E-state index contributed by atoms with van der Waals surface area (Å²) in [4.78, 5) is 22.6. The second kappa shape index (κ2) is 8.48. The Labute approximate surface area is 141 Å². The Morgan fingerprint density at radius 3 is 2.52 bits per heavy atom. The molecule has 0 aliphatic rings. The number of halogens is 1. The largest absolute Gasteiger partial charge is 0.352 e. The van der Waals surface area contributed by atoms with Crippen molar-refractivity contribution < 1.29 is 4.79 Å². The van der Waals surface area contributed by atoms with Crippen LogP contribution in [0.3, 0.4) is 0 Å². The van der Waals surface area contributed by atoms with E-state index in [9.17, 15) is 4.79 Å². The fourth-order valence-electron chi connectivity index (χ4n) is 2.22. The number of nitrogens with zero attached hydrogens (tertiary/aromatic N) is 3. The van der Waals surface area contributed by atoms with Crippen molar-refractivity contribution in [2.45, 2.75) is 20.3 Å². The molecule has 0 atom stereocenters. The van der Waals surface area contributed by atoms with Crippen molar-refractivity contribution in [1.82, 2.24) is 15.3 Å². The van der Waals surface area contributed by atoms with E-state index in [4.69, 9.17) is 11.6 Å². The number of hydrogen-bond donors (Lipinski definition) is 1. The van der Waals surface area contributed by atoms with Crippen molar-refractivity contribution in [3.8, 4) is 0 Å². The molecule has 1 heterocycles. The van der Waals surface area contributed by atoms with Crippen LogP contribution in [-0.4, -0.2) is 35.5 Å². The summed E-state index contributed by atoms with van der Waals surface area (Å²) in [6.45, 7) is 6.30. The molecular weight excluding hydrogens is 312 g/mol. The summed E-state index contributed by atoms with van der Waals surface area (Å²) in [6, 6.07) is 7.62. The van der Waals surface area contributed by atoms with Crippen LogP contribution >= 0.6 is 11.6 Å². The summed E-state index contributed by atoms with van der Waals surface area (Å²) in [5.74, 6) is 0.476. The Balaban J connectivity index is 1.88. The first-order chi connectivity index (χ1) is 11.1. The molecule has 23 heavy (non-hydrogen) atoms. The van der Waals surface area contributed by atoms with Crippen LogP contribution in [0.2, 0.25) is 5.02 Å². The highest BCUT2D eigenvalue weighted by atomic mass is 35.5. The fourth-order valence-corrected chi connectivity index (χ4v) is 2.44. The minimum absolute atomic E-state index is 0.168. The summed E-state index contributed by atoms with van der Waals surface area (Å²) in [5, 5.41) is 3.57. The molecule has 1 aromatic heterocycles. The van der Waals surface area contributed by atoms with Gasteiger partial charge in [-0.05, 0) is 38.0 Å². The van der Waals surface area contributed by atoms with Gasteiger partial charge in [0.25, 0.3) is 5.91 Å². The van der Waals surface area contributed by atoms with Crippen LogP contribution in [-0.2, 0) is 6.42 Å². The Morgan fingerprint density at radius 2 is 1.91 bits per heavy atom. The van der Waals surface area contributed by atoms with Crippen LogP contribution in [0.1, 0.15) is 29.8 Å². The topological polar surface area (TPSA) is 58.1 Å². The summed E-state index contributed by atoms with van der Waals surface area (Å²) < 4.78 is 0. The third-order valence-electron chi connectivity index (χ3n) is 3.53. The molecular formula is C17H21ClN4O. The van der Waals surface area contributed by atoms with E-state index in [2.05, 4.69) is 15.3 Å². The minimum atomic E-state index is -0.168. The molecule has 6 heteroatoms. The van der Waals surface area contributed by atoms with Crippen molar-refractivity contribution in [2.24, 2.45) is 0 Å². The number of carbonyl (C=O) groups is 1. The van der Waals surface area contributed by atoms with Crippen molar-refractivity contribution in [3.05, 3.63) is 52.8 Å². The van der Waals surface area contributed by atoms with Crippen molar-refractivity contribution in [3.63, 3.8) is 0 Å². The number of hydrogen-bond acceptors (Lipinski definition) is 4. The van der Waals surface area contributed by atoms with E-state index in [0.29, 0.717) is 23.1 Å². The molecule has 2 aromatic rings. The van der Waals surface area contributed by atoms with Crippen molar-refractivity contribution in [1.29, 1.82) is 0 Å². The van der Waals surface area contributed by atoms with E-state index < -0.39 is 0 Å². The lowest BCUT2D eigenvalue weighted by Crippen LogP contribution is -2.27. The van der Waals surface area contributed by atoms with Gasteiger partial charge in [-0.25, -0.2) is 9.97 Å². The number of nitrogens with one attached hydrogen (secondary N) is 1. The van der Waals surface area contributed by atoms with Gasteiger partial charge in [-0.1, -0.05) is 23.7 Å². The zero-order valence-electron chi connectivity index (χ0n) is 13.4. The van der Waals surface area contributed by atoms with Gasteiger partial charge in [0.1, 0.15) is 0 Å². The van der Waals surface area contributed by atoms with E-state index in [1.165, 1.54) is 0 Å². The van der Waals surface area contributed by atoms with Gasteiger partial charge in [-0.15, -0.1) is 0 Å². The molecule has 0 bridgehead atoms. The Hall–Kier alpha value is -2.14. The molecule has 0 radical (unpaired) electrons. The normalized spacial score (nSPS) is 10.4. The van der Waals surface area contributed by atoms with Gasteiger partial charge in [0, 0.05) is 37.1 Å². The van der Waals surface area contributed by atoms with Crippen LogP contribution in [0.15, 0.2) is 36.7 Å². The molecule has 0 fully saturated rings. The SMILES string of the molecule is CCN(CC)c1ncc(C(=O)NCCc2cccc(Cl)c2)cn1. The molecule has 1 N–H and O–H groups in total. The second-order valence-electron chi connectivity index (χ2n) is 5.08. The number of amides is 1. The highest BCUT2D eigenvalue weighted by Crippen LogP contribution is 2.11. The lowest BCUT2D eigenvalue weighted by atomic mass is 10.1. The molecule has 122 valence electrons. The fraction of sp³-hybridized carbons (Fsp3) is 0.353. The van der Waals surface area contributed by atoms with Crippen LogP contribution in [0.25, 0.3) is 0 Å². The first-order valence-electron chi connectivity index (χ1n) is 7.73. The van der Waals surface area contributed by atoms with Gasteiger partial charge in [-0.2, -0.15) is 0 Å². The van der Waals surface area contributed by atoms with Gasteiger partial charge in [-0.3, -0.25) is 4.79 Å². The number of aromatic nitrogens is 2. The molecule has 0 saturated carbocycles. The first-order valence-corrected chi connectivity index (χ1v) is 8.11. The zero-order valence-corrected chi connectivity index (χ0v) is 14.2. The molecule has 5 nitrogen and oxygen atoms in total. The van der Waals surface area contributed by atoms with Crippen LogP contribution in [0.5, 0.6) is 0 Å². The van der Waals surface area contributed by atoms with E-state index in [-0.39, 0.29) is 5.91 Å². The third-order valence-corrected chi connectivity index (χ3v) is 3.77. The van der Waals surface area contributed by atoms with Crippen molar-refractivity contribution >= 4 is 23.5 Å². The number of carbonyl (C=O) groups excluding carboxylic acids is 1. The average Bonchev–Trinajstić information content (AvgIpc) is 2.56.